The number of halogens is 1. The number of benzene rings is 2. The summed E-state index contributed by atoms with van der Waals surface area (Å²) in [6, 6.07) is 20.9. The first-order valence-corrected chi connectivity index (χ1v) is 11.3. The summed E-state index contributed by atoms with van der Waals surface area (Å²) in [5.74, 6) is 0. The van der Waals surface area contributed by atoms with Gasteiger partial charge in [-0.15, -0.1) is 11.3 Å². The Morgan fingerprint density at radius 2 is 1.60 bits per heavy atom. The van der Waals surface area contributed by atoms with Crippen molar-refractivity contribution in [3.63, 3.8) is 0 Å². The van der Waals surface area contributed by atoms with E-state index in [0.29, 0.717) is 0 Å². The SMILES string of the molecule is CC(C)(C)P(Cl)N(c1ccccc1)C(c1ccccc1)c1nccs1. The lowest BCUT2D eigenvalue weighted by Gasteiger charge is -2.41. The fourth-order valence-corrected chi connectivity index (χ4v) is 5.43. The fourth-order valence-electron chi connectivity index (χ4n) is 2.65. The smallest absolute Gasteiger partial charge is 0.120 e. The lowest BCUT2D eigenvalue weighted by molar-refractivity contribution is 0.765. The summed E-state index contributed by atoms with van der Waals surface area (Å²) < 4.78 is 2.35. The van der Waals surface area contributed by atoms with Crippen molar-refractivity contribution in [2.24, 2.45) is 0 Å². The largest absolute Gasteiger partial charge is 0.324 e. The highest BCUT2D eigenvalue weighted by Crippen LogP contribution is 2.62. The van der Waals surface area contributed by atoms with Gasteiger partial charge in [-0.2, -0.15) is 0 Å². The first-order chi connectivity index (χ1) is 12.0. The first kappa shape index (κ1) is 18.4. The second-order valence-corrected chi connectivity index (χ2v) is 11.0. The molecule has 0 fully saturated rings. The lowest BCUT2D eigenvalue weighted by atomic mass is 10.1. The van der Waals surface area contributed by atoms with Crippen molar-refractivity contribution in [1.82, 2.24) is 4.98 Å². The summed E-state index contributed by atoms with van der Waals surface area (Å²) in [5, 5.41) is 3.06. The molecule has 0 aliphatic carbocycles. The zero-order valence-electron chi connectivity index (χ0n) is 14.6. The van der Waals surface area contributed by atoms with E-state index in [9.17, 15) is 0 Å². The third-order valence-corrected chi connectivity index (χ3v) is 8.59. The highest BCUT2D eigenvalue weighted by Gasteiger charge is 2.36. The van der Waals surface area contributed by atoms with E-state index < -0.39 is 7.43 Å². The highest BCUT2D eigenvalue weighted by atomic mass is 35.7. The zero-order chi connectivity index (χ0) is 17.9. The Kier molecular flexibility index (Phi) is 5.78. The third-order valence-electron chi connectivity index (χ3n) is 3.81. The molecule has 2 aromatic carbocycles. The third kappa shape index (κ3) is 4.23. The number of hydrogen-bond acceptors (Lipinski definition) is 3. The average molecular weight is 389 g/mol. The maximum Gasteiger partial charge on any atom is 0.120 e. The van der Waals surface area contributed by atoms with Gasteiger partial charge in [0.1, 0.15) is 11.0 Å². The number of hydrogen-bond donors (Lipinski definition) is 0. The van der Waals surface area contributed by atoms with Gasteiger partial charge in [-0.05, 0) is 17.7 Å². The molecule has 3 rings (SSSR count). The van der Waals surface area contributed by atoms with E-state index >= 15 is 0 Å². The molecule has 0 radical (unpaired) electrons. The van der Waals surface area contributed by atoms with E-state index in [1.54, 1.807) is 11.3 Å². The van der Waals surface area contributed by atoms with Crippen LogP contribution in [0.5, 0.6) is 0 Å². The maximum absolute atomic E-state index is 7.09. The Bertz CT molecular complexity index is 772. The summed E-state index contributed by atoms with van der Waals surface area (Å²) in [4.78, 5) is 4.63. The van der Waals surface area contributed by atoms with Crippen molar-refractivity contribution in [1.29, 1.82) is 0 Å². The minimum atomic E-state index is -0.957. The Balaban J connectivity index is 2.17. The second kappa shape index (κ2) is 7.86. The van der Waals surface area contributed by atoms with Crippen molar-refractivity contribution in [2.45, 2.75) is 32.0 Å². The number of anilines is 1. The average Bonchev–Trinajstić information content (AvgIpc) is 3.14. The van der Waals surface area contributed by atoms with Crippen LogP contribution < -0.4 is 4.67 Å². The van der Waals surface area contributed by atoms with E-state index in [1.165, 1.54) is 5.56 Å². The fraction of sp³-hybridized carbons (Fsp3) is 0.250. The van der Waals surface area contributed by atoms with Crippen molar-refractivity contribution >= 4 is 35.7 Å². The minimum Gasteiger partial charge on any atom is -0.324 e. The zero-order valence-corrected chi connectivity index (χ0v) is 17.1. The number of aromatic nitrogens is 1. The van der Waals surface area contributed by atoms with Gasteiger partial charge >= 0.3 is 0 Å². The van der Waals surface area contributed by atoms with Crippen molar-refractivity contribution in [2.75, 3.05) is 4.67 Å². The minimum absolute atomic E-state index is 0.00596. The molecular weight excluding hydrogens is 367 g/mol. The normalized spacial score (nSPS) is 14.1. The molecule has 2 unspecified atom stereocenters. The van der Waals surface area contributed by atoms with Crippen LogP contribution in [-0.4, -0.2) is 10.1 Å². The molecule has 0 amide bonds. The van der Waals surface area contributed by atoms with E-state index in [-0.39, 0.29) is 11.2 Å². The van der Waals surface area contributed by atoms with Crippen LogP contribution >= 0.6 is 30.0 Å². The van der Waals surface area contributed by atoms with Gasteiger partial charge in [0.2, 0.25) is 0 Å². The Morgan fingerprint density at radius 1 is 1.00 bits per heavy atom. The van der Waals surface area contributed by atoms with Crippen LogP contribution in [0.2, 0.25) is 0 Å². The first-order valence-electron chi connectivity index (χ1n) is 8.23. The summed E-state index contributed by atoms with van der Waals surface area (Å²) in [6.07, 6.45) is 1.87. The quantitative estimate of drug-likeness (QED) is 0.434. The van der Waals surface area contributed by atoms with Gasteiger partial charge in [0, 0.05) is 22.4 Å². The number of rotatable bonds is 5. The molecule has 0 aliphatic rings. The van der Waals surface area contributed by atoms with Crippen LogP contribution in [0.4, 0.5) is 5.69 Å². The number of nitrogens with zero attached hydrogens (tertiary/aromatic N) is 2. The van der Waals surface area contributed by atoms with Gasteiger partial charge in [0.25, 0.3) is 0 Å². The van der Waals surface area contributed by atoms with Gasteiger partial charge in [-0.1, -0.05) is 80.5 Å². The molecule has 0 saturated heterocycles. The Labute approximate surface area is 160 Å². The molecule has 5 heteroatoms. The molecule has 0 N–H and O–H groups in total. The van der Waals surface area contributed by atoms with Crippen LogP contribution in [0.3, 0.4) is 0 Å². The lowest BCUT2D eigenvalue weighted by Crippen LogP contribution is -2.29. The maximum atomic E-state index is 7.09. The molecule has 0 bridgehead atoms. The van der Waals surface area contributed by atoms with E-state index in [1.807, 2.05) is 23.7 Å². The number of thiazole rings is 1. The topological polar surface area (TPSA) is 16.1 Å². The predicted molar refractivity (Wildman–Crippen MR) is 112 cm³/mol. The molecule has 1 heterocycles. The molecule has 2 nitrogen and oxygen atoms in total. The summed E-state index contributed by atoms with van der Waals surface area (Å²) in [6.45, 7) is 6.60. The predicted octanol–water partition coefficient (Wildman–Crippen LogP) is 7.09. The molecule has 3 aromatic rings. The molecule has 25 heavy (non-hydrogen) atoms. The molecule has 0 saturated carbocycles. The summed E-state index contributed by atoms with van der Waals surface area (Å²) in [5.41, 5.74) is 2.33. The number of para-hydroxylation sites is 1. The van der Waals surface area contributed by atoms with E-state index in [4.69, 9.17) is 11.2 Å². The summed E-state index contributed by atoms with van der Waals surface area (Å²) >= 11 is 8.76. The highest BCUT2D eigenvalue weighted by molar-refractivity contribution is 7.86. The van der Waals surface area contributed by atoms with Crippen LogP contribution in [0.15, 0.2) is 72.2 Å². The molecule has 2 atom stereocenters. The van der Waals surface area contributed by atoms with Crippen LogP contribution in [-0.2, 0) is 0 Å². The van der Waals surface area contributed by atoms with E-state index in [2.05, 4.69) is 79.0 Å². The Hall–Kier alpha value is -1.41. The molecular formula is C20H22ClN2PS. The monoisotopic (exact) mass is 388 g/mol. The van der Waals surface area contributed by atoms with Gasteiger partial charge in [0.05, 0.1) is 7.43 Å². The molecule has 1 aromatic heterocycles. The molecule has 0 spiro atoms. The van der Waals surface area contributed by atoms with Gasteiger partial charge in [0.15, 0.2) is 0 Å². The van der Waals surface area contributed by atoms with Crippen LogP contribution in [0, 0.1) is 0 Å². The van der Waals surface area contributed by atoms with Crippen molar-refractivity contribution < 1.29 is 0 Å². The second-order valence-electron chi connectivity index (χ2n) is 6.79. The standard InChI is InChI=1S/C20H22ClN2PS/c1-20(2,3)24(21)23(17-12-8-5-9-13-17)18(19-22-14-15-25-19)16-10-6-4-7-11-16/h4-15,18H,1-3H3. The van der Waals surface area contributed by atoms with E-state index in [0.717, 1.165) is 10.7 Å². The van der Waals surface area contributed by atoms with Crippen molar-refractivity contribution in [3.8, 4) is 0 Å². The molecule has 0 aliphatic heterocycles. The molecule has 130 valence electrons. The van der Waals surface area contributed by atoms with Crippen LogP contribution in [0.25, 0.3) is 0 Å². The van der Waals surface area contributed by atoms with Gasteiger partial charge in [-0.25, -0.2) is 4.98 Å². The van der Waals surface area contributed by atoms with Crippen molar-refractivity contribution in [3.05, 3.63) is 82.8 Å². The van der Waals surface area contributed by atoms with Gasteiger partial charge in [-0.3, -0.25) is 0 Å². The van der Waals surface area contributed by atoms with Gasteiger partial charge < -0.3 is 4.67 Å². The Morgan fingerprint density at radius 3 is 2.12 bits per heavy atom. The summed E-state index contributed by atoms with van der Waals surface area (Å²) in [7, 11) is -0.957. The van der Waals surface area contributed by atoms with Crippen LogP contribution in [0.1, 0.15) is 37.4 Å².